The van der Waals surface area contributed by atoms with Crippen molar-refractivity contribution in [2.75, 3.05) is 26.3 Å². The third-order valence-corrected chi connectivity index (χ3v) is 7.86. The molecule has 0 aliphatic carbocycles. The number of nitrogens with zero attached hydrogens (tertiary/aromatic N) is 2. The van der Waals surface area contributed by atoms with E-state index in [1.54, 1.807) is 6.07 Å². The van der Waals surface area contributed by atoms with Gasteiger partial charge in [0, 0.05) is 25.6 Å². The number of hydrogen-bond donors (Lipinski definition) is 1. The fraction of sp³-hybridized carbons (Fsp3) is 0.333. The van der Waals surface area contributed by atoms with E-state index in [4.69, 9.17) is 14.0 Å². The van der Waals surface area contributed by atoms with Gasteiger partial charge in [-0.3, -0.25) is 19.3 Å². The predicted molar refractivity (Wildman–Crippen MR) is 168 cm³/mol. The second-order valence-electron chi connectivity index (χ2n) is 11.3. The van der Waals surface area contributed by atoms with E-state index in [1.807, 2.05) is 91.0 Å². The van der Waals surface area contributed by atoms with Crippen molar-refractivity contribution >= 4 is 17.7 Å². The molecule has 234 valence electrons. The lowest BCUT2D eigenvalue weighted by Crippen LogP contribution is -2.42. The molecular formula is C36H39N3O6. The average molecular weight is 610 g/mol. The largest absolute Gasteiger partial charge is 0.461 e. The number of ether oxygens (including phenoxy) is 2. The number of hydrogen-bond acceptors (Lipinski definition) is 8. The molecule has 0 radical (unpaired) electrons. The van der Waals surface area contributed by atoms with Crippen molar-refractivity contribution in [3.05, 3.63) is 125 Å². The number of aryl methyl sites for hydroxylation is 1. The predicted octanol–water partition coefficient (Wildman–Crippen LogP) is 4.80. The number of ketones is 1. The summed E-state index contributed by atoms with van der Waals surface area (Å²) < 4.78 is 16.5. The van der Waals surface area contributed by atoms with Gasteiger partial charge in [-0.1, -0.05) is 96.2 Å². The molecule has 1 aromatic heterocycles. The van der Waals surface area contributed by atoms with Crippen LogP contribution in [0.3, 0.4) is 0 Å². The average Bonchev–Trinajstić information content (AvgIpc) is 3.55. The number of amides is 1. The molecule has 1 fully saturated rings. The highest BCUT2D eigenvalue weighted by molar-refractivity contribution is 5.97. The molecule has 0 unspecified atom stereocenters. The highest BCUT2D eigenvalue weighted by Crippen LogP contribution is 2.19. The molecule has 2 heterocycles. The molecule has 1 amide bonds. The lowest BCUT2D eigenvalue weighted by molar-refractivity contribution is -0.151. The van der Waals surface area contributed by atoms with Crippen molar-refractivity contribution in [2.24, 2.45) is 5.92 Å². The third-order valence-electron chi connectivity index (χ3n) is 7.86. The maximum Gasteiger partial charge on any atom is 0.310 e. The Balaban J connectivity index is 1.28. The summed E-state index contributed by atoms with van der Waals surface area (Å²) >= 11 is 0. The van der Waals surface area contributed by atoms with E-state index in [0.717, 1.165) is 29.8 Å². The lowest BCUT2D eigenvalue weighted by atomic mass is 9.90. The van der Waals surface area contributed by atoms with Crippen LogP contribution in [0.25, 0.3) is 0 Å². The molecule has 4 aromatic rings. The summed E-state index contributed by atoms with van der Waals surface area (Å²) in [5.74, 6) is -1.34. The SMILES string of the molecule is O=C(N[C@@H](CCc1ccccc1)C(=O)C[C@@H](Cc1ccccc1)C(=O)OCc1ccccc1)c1cc(CN2CCOCC2)on1. The first kappa shape index (κ1) is 31.8. The molecule has 9 heteroatoms. The molecule has 0 saturated carbocycles. The highest BCUT2D eigenvalue weighted by Gasteiger charge is 2.30. The van der Waals surface area contributed by atoms with Crippen LogP contribution in [0.5, 0.6) is 0 Å². The Bertz CT molecular complexity index is 1500. The van der Waals surface area contributed by atoms with Gasteiger partial charge in [-0.15, -0.1) is 0 Å². The zero-order valence-corrected chi connectivity index (χ0v) is 25.3. The second-order valence-corrected chi connectivity index (χ2v) is 11.3. The van der Waals surface area contributed by atoms with Gasteiger partial charge in [-0.2, -0.15) is 0 Å². The van der Waals surface area contributed by atoms with Crippen LogP contribution >= 0.6 is 0 Å². The Kier molecular flexibility index (Phi) is 11.6. The minimum absolute atomic E-state index is 0.0800. The number of carbonyl (C=O) groups excluding carboxylic acids is 3. The lowest BCUT2D eigenvalue weighted by Gasteiger charge is -2.25. The Morgan fingerprint density at radius 2 is 1.47 bits per heavy atom. The summed E-state index contributed by atoms with van der Waals surface area (Å²) in [7, 11) is 0. The fourth-order valence-corrected chi connectivity index (χ4v) is 5.34. The van der Waals surface area contributed by atoms with Gasteiger partial charge >= 0.3 is 5.97 Å². The van der Waals surface area contributed by atoms with E-state index in [-0.39, 0.29) is 24.5 Å². The Morgan fingerprint density at radius 1 is 0.844 bits per heavy atom. The molecule has 9 nitrogen and oxygen atoms in total. The Morgan fingerprint density at radius 3 is 2.13 bits per heavy atom. The smallest absolute Gasteiger partial charge is 0.310 e. The first-order valence-electron chi connectivity index (χ1n) is 15.4. The van der Waals surface area contributed by atoms with Gasteiger partial charge in [0.2, 0.25) is 0 Å². The van der Waals surface area contributed by atoms with Crippen LogP contribution < -0.4 is 5.32 Å². The minimum Gasteiger partial charge on any atom is -0.461 e. The summed E-state index contributed by atoms with van der Waals surface area (Å²) in [6.07, 6.45) is 1.20. The van der Waals surface area contributed by atoms with Crippen LogP contribution in [-0.2, 0) is 45.1 Å². The molecule has 1 aliphatic heterocycles. The standard InChI is InChI=1S/C36H39N3O6/c40-34(23-30(22-28-12-6-2-7-13-28)36(42)44-26-29-14-8-3-9-15-29)32(17-16-27-10-4-1-5-11-27)37-35(41)33-24-31(45-38-33)25-39-18-20-43-21-19-39/h1-15,24,30,32H,16-23,25-26H2,(H,37,41)/t30-,32+/m1/s1. The topological polar surface area (TPSA) is 111 Å². The van der Waals surface area contributed by atoms with E-state index in [2.05, 4.69) is 15.4 Å². The molecule has 1 N–H and O–H groups in total. The van der Waals surface area contributed by atoms with Crippen molar-refractivity contribution in [3.63, 3.8) is 0 Å². The van der Waals surface area contributed by atoms with E-state index in [0.29, 0.717) is 44.8 Å². The minimum atomic E-state index is -0.836. The zero-order valence-electron chi connectivity index (χ0n) is 25.3. The maximum atomic E-state index is 13.9. The molecular weight excluding hydrogens is 570 g/mol. The van der Waals surface area contributed by atoms with E-state index >= 15 is 0 Å². The molecule has 1 saturated heterocycles. The fourth-order valence-electron chi connectivity index (χ4n) is 5.34. The highest BCUT2D eigenvalue weighted by atomic mass is 16.5. The van der Waals surface area contributed by atoms with Crippen molar-refractivity contribution in [3.8, 4) is 0 Å². The molecule has 0 spiro atoms. The number of benzene rings is 3. The molecule has 45 heavy (non-hydrogen) atoms. The quantitative estimate of drug-likeness (QED) is 0.192. The van der Waals surface area contributed by atoms with Crippen LogP contribution in [0.15, 0.2) is 102 Å². The van der Waals surface area contributed by atoms with Gasteiger partial charge in [0.1, 0.15) is 6.61 Å². The summed E-state index contributed by atoms with van der Waals surface area (Å²) in [6, 6.07) is 29.6. The monoisotopic (exact) mass is 609 g/mol. The molecule has 0 bridgehead atoms. The third kappa shape index (κ3) is 9.96. The number of morpholine rings is 1. The number of Topliss-reactive ketones (excluding diaryl/α,β-unsaturated/α-hetero) is 1. The molecule has 2 atom stereocenters. The number of carbonyl (C=O) groups is 3. The first-order chi connectivity index (χ1) is 22.0. The molecule has 3 aromatic carbocycles. The van der Waals surface area contributed by atoms with Gasteiger partial charge in [0.15, 0.2) is 17.2 Å². The zero-order chi connectivity index (χ0) is 31.3. The Hall–Kier alpha value is -4.60. The molecule has 1 aliphatic rings. The summed E-state index contributed by atoms with van der Waals surface area (Å²) in [6.45, 7) is 3.49. The van der Waals surface area contributed by atoms with Crippen molar-refractivity contribution < 1.29 is 28.4 Å². The van der Waals surface area contributed by atoms with Crippen LogP contribution in [-0.4, -0.2) is 60.1 Å². The van der Waals surface area contributed by atoms with Gasteiger partial charge in [-0.05, 0) is 36.0 Å². The van der Waals surface area contributed by atoms with Gasteiger partial charge in [-0.25, -0.2) is 0 Å². The number of esters is 1. The van der Waals surface area contributed by atoms with Gasteiger partial charge in [0.25, 0.3) is 5.91 Å². The van der Waals surface area contributed by atoms with E-state index in [1.165, 1.54) is 0 Å². The number of rotatable bonds is 15. The van der Waals surface area contributed by atoms with E-state index in [9.17, 15) is 14.4 Å². The van der Waals surface area contributed by atoms with Crippen LogP contribution in [0.4, 0.5) is 0 Å². The van der Waals surface area contributed by atoms with Crippen LogP contribution in [0, 0.1) is 5.92 Å². The van der Waals surface area contributed by atoms with Gasteiger partial charge < -0.3 is 19.3 Å². The summed E-state index contributed by atoms with van der Waals surface area (Å²) in [4.78, 5) is 42.8. The molecule has 5 rings (SSSR count). The van der Waals surface area contributed by atoms with Crippen LogP contribution in [0.2, 0.25) is 0 Å². The summed E-state index contributed by atoms with van der Waals surface area (Å²) in [5, 5.41) is 6.87. The number of nitrogens with one attached hydrogen (secondary N) is 1. The second kappa shape index (κ2) is 16.5. The Labute approximate surface area is 263 Å². The van der Waals surface area contributed by atoms with Gasteiger partial charge in [0.05, 0.1) is 31.7 Å². The summed E-state index contributed by atoms with van der Waals surface area (Å²) in [5.41, 5.74) is 2.94. The number of aromatic nitrogens is 1. The first-order valence-corrected chi connectivity index (χ1v) is 15.4. The maximum absolute atomic E-state index is 13.9. The van der Waals surface area contributed by atoms with Crippen molar-refractivity contribution in [2.45, 2.75) is 44.9 Å². The van der Waals surface area contributed by atoms with E-state index < -0.39 is 23.8 Å². The normalized spacial score (nSPS) is 14.8. The van der Waals surface area contributed by atoms with Crippen molar-refractivity contribution in [1.82, 2.24) is 15.4 Å². The van der Waals surface area contributed by atoms with Crippen molar-refractivity contribution in [1.29, 1.82) is 0 Å². The van der Waals surface area contributed by atoms with Crippen LogP contribution in [0.1, 0.15) is 45.8 Å².